The van der Waals surface area contributed by atoms with E-state index in [2.05, 4.69) is 73.6 Å². The maximum Gasteiger partial charge on any atom is 0.0512 e. The van der Waals surface area contributed by atoms with E-state index >= 15 is 0 Å². The summed E-state index contributed by atoms with van der Waals surface area (Å²) in [4.78, 5) is 3.74. The third-order valence-corrected chi connectivity index (χ3v) is 6.37. The van der Waals surface area contributed by atoms with Gasteiger partial charge in [-0.25, -0.2) is 0 Å². The molecule has 0 atom stereocenters. The summed E-state index contributed by atoms with van der Waals surface area (Å²) in [5, 5.41) is 5.00. The van der Waals surface area contributed by atoms with Gasteiger partial charge in [0.25, 0.3) is 0 Å². The van der Waals surface area contributed by atoms with Crippen LogP contribution in [0.25, 0.3) is 32.2 Å². The quantitative estimate of drug-likeness (QED) is 0.377. The van der Waals surface area contributed by atoms with E-state index < -0.39 is 0 Å². The van der Waals surface area contributed by atoms with Gasteiger partial charge in [-0.3, -0.25) is 0 Å². The van der Waals surface area contributed by atoms with Crippen molar-refractivity contribution in [1.29, 1.82) is 0 Å². The van der Waals surface area contributed by atoms with Crippen LogP contribution < -0.4 is 5.73 Å². The Bertz CT molecular complexity index is 1080. The van der Waals surface area contributed by atoms with Crippen LogP contribution >= 0.6 is 11.3 Å². The van der Waals surface area contributed by atoms with Crippen LogP contribution in [0.3, 0.4) is 0 Å². The molecule has 0 amide bonds. The van der Waals surface area contributed by atoms with Gasteiger partial charge >= 0.3 is 0 Å². The van der Waals surface area contributed by atoms with Gasteiger partial charge in [0.2, 0.25) is 0 Å². The van der Waals surface area contributed by atoms with E-state index in [4.69, 9.17) is 5.73 Å². The van der Waals surface area contributed by atoms with Gasteiger partial charge < -0.3 is 10.7 Å². The van der Waals surface area contributed by atoms with Crippen LogP contribution in [-0.4, -0.2) is 11.5 Å². The molecular weight excluding hydrogens is 348 g/mol. The highest BCUT2D eigenvalue weighted by Crippen LogP contribution is 2.39. The fourth-order valence-electron chi connectivity index (χ4n) is 3.82. The second-order valence-corrected chi connectivity index (χ2v) is 9.29. The molecule has 2 aromatic heterocycles. The molecule has 4 aromatic rings. The smallest absolute Gasteiger partial charge is 0.0512 e. The predicted octanol–water partition coefficient (Wildman–Crippen LogP) is 6.63. The summed E-state index contributed by atoms with van der Waals surface area (Å²) >= 11 is 1.82. The average Bonchev–Trinajstić information content (AvgIpc) is 3.22. The lowest BCUT2D eigenvalue weighted by atomic mass is 9.86. The zero-order chi connectivity index (χ0) is 19.0. The van der Waals surface area contributed by atoms with E-state index in [1.165, 1.54) is 43.4 Å². The Labute approximate surface area is 165 Å². The molecule has 0 fully saturated rings. The normalized spacial score (nSPS) is 12.3. The third kappa shape index (κ3) is 3.42. The van der Waals surface area contributed by atoms with E-state index in [0.29, 0.717) is 0 Å². The maximum absolute atomic E-state index is 5.76. The number of fused-ring (bicyclic) bond motifs is 2. The zero-order valence-corrected chi connectivity index (χ0v) is 17.2. The SMILES string of the molecule is CC(C)(C)c1ccc2[nH]c(-c3csc4ccccc34)c(CCCCN)c2c1. The first-order valence-corrected chi connectivity index (χ1v) is 10.7. The van der Waals surface area contributed by atoms with Crippen molar-refractivity contribution in [2.45, 2.75) is 45.4 Å². The molecule has 3 N–H and O–H groups in total. The van der Waals surface area contributed by atoms with Gasteiger partial charge in [-0.05, 0) is 60.5 Å². The first kappa shape index (κ1) is 18.3. The first-order chi connectivity index (χ1) is 13.0. The van der Waals surface area contributed by atoms with Gasteiger partial charge in [0.1, 0.15) is 0 Å². The molecule has 0 bridgehead atoms. The molecule has 0 saturated carbocycles. The van der Waals surface area contributed by atoms with Crippen LogP contribution in [0.4, 0.5) is 0 Å². The third-order valence-electron chi connectivity index (χ3n) is 5.40. The molecule has 0 aliphatic carbocycles. The highest BCUT2D eigenvalue weighted by Gasteiger charge is 2.19. The maximum atomic E-state index is 5.76. The molecule has 0 radical (unpaired) electrons. The van der Waals surface area contributed by atoms with Crippen LogP contribution in [0.1, 0.15) is 44.7 Å². The Morgan fingerprint density at radius 1 is 1.00 bits per heavy atom. The van der Waals surface area contributed by atoms with Crippen LogP contribution in [0.15, 0.2) is 47.8 Å². The number of aromatic nitrogens is 1. The minimum atomic E-state index is 0.148. The second kappa shape index (κ2) is 7.14. The Kier molecular flexibility index (Phi) is 4.83. The molecule has 0 saturated heterocycles. The number of nitrogens with two attached hydrogens (primary N) is 1. The number of nitrogens with one attached hydrogen (secondary N) is 1. The van der Waals surface area contributed by atoms with E-state index in [-0.39, 0.29) is 5.41 Å². The molecule has 2 aromatic carbocycles. The summed E-state index contributed by atoms with van der Waals surface area (Å²) < 4.78 is 1.34. The number of benzene rings is 2. The Morgan fingerprint density at radius 2 is 1.81 bits per heavy atom. The lowest BCUT2D eigenvalue weighted by Gasteiger charge is -2.19. The molecule has 4 rings (SSSR count). The number of hydrogen-bond acceptors (Lipinski definition) is 2. The Morgan fingerprint density at radius 3 is 2.59 bits per heavy atom. The van der Waals surface area contributed by atoms with Gasteiger partial charge in [0.15, 0.2) is 0 Å². The van der Waals surface area contributed by atoms with Crippen molar-refractivity contribution < 1.29 is 0 Å². The average molecular weight is 377 g/mol. The number of unbranched alkanes of at least 4 members (excludes halogenated alkanes) is 1. The Hall–Kier alpha value is -2.10. The summed E-state index contributed by atoms with van der Waals surface area (Å²) in [6, 6.07) is 15.6. The van der Waals surface area contributed by atoms with Crippen LogP contribution in [0.5, 0.6) is 0 Å². The topological polar surface area (TPSA) is 41.8 Å². The van der Waals surface area contributed by atoms with Gasteiger partial charge in [0.05, 0.1) is 5.69 Å². The molecular formula is C24H28N2S. The van der Waals surface area contributed by atoms with Crippen molar-refractivity contribution in [1.82, 2.24) is 4.98 Å². The van der Waals surface area contributed by atoms with Crippen LogP contribution in [0.2, 0.25) is 0 Å². The van der Waals surface area contributed by atoms with Crippen LogP contribution in [-0.2, 0) is 11.8 Å². The molecule has 140 valence electrons. The monoisotopic (exact) mass is 376 g/mol. The van der Waals surface area contributed by atoms with Crippen molar-refractivity contribution in [2.75, 3.05) is 6.54 Å². The van der Waals surface area contributed by atoms with Gasteiger partial charge in [0, 0.05) is 31.9 Å². The number of aryl methyl sites for hydroxylation is 1. The summed E-state index contributed by atoms with van der Waals surface area (Å²) in [5.74, 6) is 0. The molecule has 27 heavy (non-hydrogen) atoms. The van der Waals surface area contributed by atoms with E-state index in [0.717, 1.165) is 25.8 Å². The Balaban J connectivity index is 1.92. The molecule has 0 unspecified atom stereocenters. The summed E-state index contributed by atoms with van der Waals surface area (Å²) in [6.07, 6.45) is 3.25. The molecule has 0 aliphatic rings. The van der Waals surface area contributed by atoms with Gasteiger partial charge in [-0.1, -0.05) is 45.0 Å². The van der Waals surface area contributed by atoms with E-state index in [9.17, 15) is 0 Å². The lowest BCUT2D eigenvalue weighted by molar-refractivity contribution is 0.591. The number of rotatable bonds is 5. The van der Waals surface area contributed by atoms with E-state index in [1.54, 1.807) is 0 Å². The fourth-order valence-corrected chi connectivity index (χ4v) is 4.77. The molecule has 2 nitrogen and oxygen atoms in total. The summed E-state index contributed by atoms with van der Waals surface area (Å²) in [5.41, 5.74) is 12.6. The molecule has 0 aliphatic heterocycles. The number of thiophene rings is 1. The first-order valence-electron chi connectivity index (χ1n) is 9.81. The molecule has 0 spiro atoms. The minimum Gasteiger partial charge on any atom is -0.354 e. The largest absolute Gasteiger partial charge is 0.354 e. The summed E-state index contributed by atoms with van der Waals surface area (Å²) in [6.45, 7) is 7.60. The minimum absolute atomic E-state index is 0.148. The van der Waals surface area contributed by atoms with Crippen molar-refractivity contribution >= 4 is 32.3 Å². The van der Waals surface area contributed by atoms with Crippen molar-refractivity contribution in [2.24, 2.45) is 5.73 Å². The number of aromatic amines is 1. The van der Waals surface area contributed by atoms with Crippen molar-refractivity contribution in [3.63, 3.8) is 0 Å². The highest BCUT2D eigenvalue weighted by molar-refractivity contribution is 7.17. The standard InChI is InChI=1S/C24H28N2S/c1-24(2,3)16-11-12-21-19(14-16)18(9-6-7-13-25)23(26-21)20-15-27-22-10-5-4-8-17(20)22/h4-5,8,10-12,14-15,26H,6-7,9,13,25H2,1-3H3. The van der Waals surface area contributed by atoms with Crippen molar-refractivity contribution in [3.8, 4) is 11.3 Å². The lowest BCUT2D eigenvalue weighted by Crippen LogP contribution is -2.10. The number of H-pyrrole nitrogens is 1. The van der Waals surface area contributed by atoms with Gasteiger partial charge in [-0.2, -0.15) is 0 Å². The predicted molar refractivity (Wildman–Crippen MR) is 120 cm³/mol. The molecule has 2 heterocycles. The number of hydrogen-bond donors (Lipinski definition) is 2. The summed E-state index contributed by atoms with van der Waals surface area (Å²) in [7, 11) is 0. The van der Waals surface area contributed by atoms with Crippen LogP contribution in [0, 0.1) is 0 Å². The highest BCUT2D eigenvalue weighted by atomic mass is 32.1. The van der Waals surface area contributed by atoms with E-state index in [1.807, 2.05) is 11.3 Å². The molecule has 3 heteroatoms. The zero-order valence-electron chi connectivity index (χ0n) is 16.4. The second-order valence-electron chi connectivity index (χ2n) is 8.38. The fraction of sp³-hybridized carbons (Fsp3) is 0.333. The van der Waals surface area contributed by atoms with Crippen molar-refractivity contribution in [3.05, 3.63) is 59.0 Å². The van der Waals surface area contributed by atoms with Gasteiger partial charge in [-0.15, -0.1) is 11.3 Å².